The van der Waals surface area contributed by atoms with Crippen molar-refractivity contribution in [2.45, 2.75) is 403 Å². The molecule has 6 N–H and O–H groups in total. The van der Waals surface area contributed by atoms with E-state index in [1.54, 1.807) is 6.08 Å². The summed E-state index contributed by atoms with van der Waals surface area (Å²) in [4.78, 5) is 25.1. The number of aliphatic hydroxyl groups excluding tert-OH is 5. The quantitative estimate of drug-likeness (QED) is 0.0195. The van der Waals surface area contributed by atoms with Crippen LogP contribution in [0.1, 0.15) is 361 Å². The minimum Gasteiger partial charge on any atom is -0.466 e. The van der Waals surface area contributed by atoms with Crippen LogP contribution in [-0.2, 0) is 23.8 Å². The van der Waals surface area contributed by atoms with Crippen LogP contribution in [0.4, 0.5) is 0 Å². The van der Waals surface area contributed by atoms with Crippen molar-refractivity contribution in [1.29, 1.82) is 0 Å². The Bertz CT molecular complexity index is 1580. The molecule has 1 rings (SSSR count). The van der Waals surface area contributed by atoms with Gasteiger partial charge in [0.15, 0.2) is 6.29 Å². The van der Waals surface area contributed by atoms with Gasteiger partial charge in [-0.25, -0.2) is 0 Å². The molecule has 0 aromatic carbocycles. The van der Waals surface area contributed by atoms with E-state index in [1.165, 1.54) is 270 Å². The van der Waals surface area contributed by atoms with E-state index in [4.69, 9.17) is 14.2 Å². The highest BCUT2D eigenvalue weighted by Gasteiger charge is 2.44. The molecule has 11 nitrogen and oxygen atoms in total. The van der Waals surface area contributed by atoms with Crippen molar-refractivity contribution in [2.24, 2.45) is 0 Å². The van der Waals surface area contributed by atoms with Crippen LogP contribution in [0, 0.1) is 0 Å². The molecule has 0 bridgehead atoms. The van der Waals surface area contributed by atoms with Crippen molar-refractivity contribution in [3.8, 4) is 0 Å². The molecule has 1 fully saturated rings. The molecule has 7 atom stereocenters. The smallest absolute Gasteiger partial charge is 0.305 e. The average Bonchev–Trinajstić information content (AvgIpc) is 3.66. The van der Waals surface area contributed by atoms with E-state index in [9.17, 15) is 35.1 Å². The van der Waals surface area contributed by atoms with Gasteiger partial charge < -0.3 is 45.1 Å². The van der Waals surface area contributed by atoms with Crippen molar-refractivity contribution in [3.05, 3.63) is 48.6 Å². The second-order valence-electron chi connectivity index (χ2n) is 26.0. The molecule has 0 aromatic heterocycles. The van der Waals surface area contributed by atoms with Crippen LogP contribution in [0.15, 0.2) is 48.6 Å². The van der Waals surface area contributed by atoms with Crippen molar-refractivity contribution in [2.75, 3.05) is 19.8 Å². The number of ether oxygens (including phenoxy) is 3. The van der Waals surface area contributed by atoms with Crippen LogP contribution in [0.3, 0.4) is 0 Å². The highest BCUT2D eigenvalue weighted by molar-refractivity contribution is 5.76. The summed E-state index contributed by atoms with van der Waals surface area (Å²) in [6.07, 6.45) is 75.7. The third kappa shape index (κ3) is 53.9. The highest BCUT2D eigenvalue weighted by atomic mass is 16.7. The van der Waals surface area contributed by atoms with E-state index in [1.807, 2.05) is 6.08 Å². The molecule has 1 saturated heterocycles. The van der Waals surface area contributed by atoms with Gasteiger partial charge in [0.1, 0.15) is 24.4 Å². The second kappa shape index (κ2) is 65.1. The van der Waals surface area contributed by atoms with Crippen molar-refractivity contribution >= 4 is 11.9 Å². The molecule has 1 aliphatic heterocycles. The Labute approximate surface area is 536 Å². The predicted octanol–water partition coefficient (Wildman–Crippen LogP) is 19.5. The van der Waals surface area contributed by atoms with Gasteiger partial charge in [-0.2, -0.15) is 0 Å². The van der Waals surface area contributed by atoms with E-state index >= 15 is 0 Å². The van der Waals surface area contributed by atoms with Gasteiger partial charge in [-0.1, -0.05) is 306 Å². The molecule has 1 aliphatic rings. The van der Waals surface area contributed by atoms with Crippen molar-refractivity contribution in [1.82, 2.24) is 5.32 Å². The van der Waals surface area contributed by atoms with Crippen LogP contribution in [0.2, 0.25) is 0 Å². The zero-order valence-corrected chi connectivity index (χ0v) is 56.7. The summed E-state index contributed by atoms with van der Waals surface area (Å²) >= 11 is 0. The number of aliphatic hydroxyl groups is 5. The summed E-state index contributed by atoms with van der Waals surface area (Å²) in [7, 11) is 0. The summed E-state index contributed by atoms with van der Waals surface area (Å²) in [6.45, 7) is 4.32. The molecule has 1 amide bonds. The van der Waals surface area contributed by atoms with E-state index in [0.29, 0.717) is 19.4 Å². The number of allylic oxidation sites excluding steroid dienone is 7. The second-order valence-corrected chi connectivity index (χ2v) is 26.0. The monoisotopic (exact) mass is 1230 g/mol. The van der Waals surface area contributed by atoms with Gasteiger partial charge in [-0.05, 0) is 89.9 Å². The Morgan fingerprint density at radius 3 is 1.20 bits per heavy atom. The normalized spacial score (nSPS) is 18.1. The fourth-order valence-corrected chi connectivity index (χ4v) is 11.8. The molecule has 0 aromatic rings. The number of hydrogen-bond acceptors (Lipinski definition) is 10. The topological polar surface area (TPSA) is 175 Å². The maximum atomic E-state index is 13.0. The molecule has 510 valence electrons. The fraction of sp³-hybridized carbons (Fsp3) is 0.868. The number of hydrogen-bond donors (Lipinski definition) is 6. The first kappa shape index (κ1) is 82.6. The number of carbonyl (C=O) groups excluding carboxylic acids is 2. The first-order valence-corrected chi connectivity index (χ1v) is 37.4. The van der Waals surface area contributed by atoms with E-state index in [2.05, 4.69) is 55.6 Å². The van der Waals surface area contributed by atoms with E-state index in [0.717, 1.165) is 64.2 Å². The number of nitrogens with one attached hydrogen (secondary N) is 1. The lowest BCUT2D eigenvalue weighted by Gasteiger charge is -2.40. The first-order chi connectivity index (χ1) is 42.7. The number of rotatable bonds is 66. The summed E-state index contributed by atoms with van der Waals surface area (Å²) in [5, 5.41) is 54.3. The van der Waals surface area contributed by atoms with Crippen molar-refractivity contribution in [3.63, 3.8) is 0 Å². The maximum absolute atomic E-state index is 13.0. The van der Waals surface area contributed by atoms with Gasteiger partial charge in [0, 0.05) is 12.8 Å². The molecule has 1 heterocycles. The molecule has 87 heavy (non-hydrogen) atoms. The molecule has 0 radical (unpaired) electrons. The molecule has 11 heteroatoms. The molecule has 0 aliphatic carbocycles. The van der Waals surface area contributed by atoms with E-state index in [-0.39, 0.29) is 18.5 Å². The summed E-state index contributed by atoms with van der Waals surface area (Å²) in [5.74, 6) is -0.180. The Kier molecular flexibility index (Phi) is 61.9. The largest absolute Gasteiger partial charge is 0.466 e. The number of unbranched alkanes of at least 4 members (excludes halogenated alkanes) is 46. The number of esters is 1. The summed E-state index contributed by atoms with van der Waals surface area (Å²) in [6, 6.07) is -0.806. The molecule has 0 spiro atoms. The Morgan fingerprint density at radius 1 is 0.425 bits per heavy atom. The third-order valence-corrected chi connectivity index (χ3v) is 17.7. The van der Waals surface area contributed by atoms with Crippen LogP contribution >= 0.6 is 0 Å². The van der Waals surface area contributed by atoms with Gasteiger partial charge >= 0.3 is 5.97 Å². The Morgan fingerprint density at radius 2 is 0.770 bits per heavy atom. The van der Waals surface area contributed by atoms with Crippen LogP contribution in [-0.4, -0.2) is 100 Å². The van der Waals surface area contributed by atoms with Gasteiger partial charge in [-0.15, -0.1) is 0 Å². The standard InChI is InChI=1S/C76H141NO10/c1-3-5-7-9-11-13-14-15-37-41-44-48-52-56-60-64-72(81)85-65-61-57-53-49-45-42-39-36-34-32-30-28-26-24-22-20-18-16-17-19-21-23-25-27-29-31-33-35-38-40-43-47-51-55-59-63-71(80)77-68(69(79)62-58-54-50-46-12-10-8-6-4-2)67-86-76-75(84)74(83)73(82)70(66-78)87-76/h11,13,15,18,20,37,58,62,68-70,73-76,78-79,82-84H,3-10,12,14,16-17,19,21-36,38-57,59-61,63-67H2,1-2H3,(H,77,80)/b13-11-,20-18-,37-15-,62-58+. The van der Waals surface area contributed by atoms with Crippen LogP contribution in [0.5, 0.6) is 0 Å². The molecule has 0 saturated carbocycles. The lowest BCUT2D eigenvalue weighted by Crippen LogP contribution is -2.60. The fourth-order valence-electron chi connectivity index (χ4n) is 11.8. The first-order valence-electron chi connectivity index (χ1n) is 37.4. The lowest BCUT2D eigenvalue weighted by molar-refractivity contribution is -0.302. The van der Waals surface area contributed by atoms with Gasteiger partial charge in [-0.3, -0.25) is 9.59 Å². The van der Waals surface area contributed by atoms with E-state index < -0.39 is 49.5 Å². The number of amides is 1. The minimum absolute atomic E-state index is 0.000472. The third-order valence-electron chi connectivity index (χ3n) is 17.7. The predicted molar refractivity (Wildman–Crippen MR) is 366 cm³/mol. The van der Waals surface area contributed by atoms with Crippen LogP contribution < -0.4 is 5.32 Å². The SMILES string of the molecule is CCCCC/C=C\C/C=C\CCCCCCCC(=O)OCCCCCCCCCCCCCCCC/C=C\CCCCCCCCCCCCCCCCCCCC(=O)NC(COC1OC(CO)C(O)C(O)C1O)C(O)/C=C/CCCCCCCCC. The summed E-state index contributed by atoms with van der Waals surface area (Å²) < 4.78 is 16.7. The zero-order valence-electron chi connectivity index (χ0n) is 56.7. The lowest BCUT2D eigenvalue weighted by atomic mass is 9.99. The zero-order chi connectivity index (χ0) is 63.0. The Hall–Kier alpha value is -2.38. The van der Waals surface area contributed by atoms with Gasteiger partial charge in [0.25, 0.3) is 0 Å². The van der Waals surface area contributed by atoms with Gasteiger partial charge in [0.2, 0.25) is 5.91 Å². The minimum atomic E-state index is -1.57. The van der Waals surface area contributed by atoms with Crippen molar-refractivity contribution < 1.29 is 49.3 Å². The maximum Gasteiger partial charge on any atom is 0.305 e. The Balaban J connectivity index is 1.88. The highest BCUT2D eigenvalue weighted by Crippen LogP contribution is 2.23. The van der Waals surface area contributed by atoms with Crippen LogP contribution in [0.25, 0.3) is 0 Å². The number of carbonyl (C=O) groups is 2. The average molecular weight is 1230 g/mol. The summed E-state index contributed by atoms with van der Waals surface area (Å²) in [5.41, 5.74) is 0. The van der Waals surface area contributed by atoms with Gasteiger partial charge in [0.05, 0.1) is 32.0 Å². The molecular weight excluding hydrogens is 1090 g/mol. The molecular formula is C76H141NO10. The molecule has 7 unspecified atom stereocenters.